The van der Waals surface area contributed by atoms with E-state index in [9.17, 15) is 9.36 Å². The van der Waals surface area contributed by atoms with Crippen molar-refractivity contribution in [1.29, 1.82) is 0 Å². The molecule has 0 aliphatic rings. The average Bonchev–Trinajstić information content (AvgIpc) is 2.45. The third-order valence-corrected chi connectivity index (χ3v) is 5.03. The van der Waals surface area contributed by atoms with Gasteiger partial charge in [0.05, 0.1) is 6.16 Å². The quantitative estimate of drug-likeness (QED) is 0.757. The molecule has 2 aromatic carbocycles. The second kappa shape index (κ2) is 6.11. The van der Waals surface area contributed by atoms with Gasteiger partial charge in [-0.15, -0.1) is 0 Å². The van der Waals surface area contributed by atoms with Crippen LogP contribution in [0.2, 0.25) is 0 Å². The smallest absolute Gasteiger partial charge is 0.242 e. The van der Waals surface area contributed by atoms with E-state index >= 15 is 0 Å². The molecule has 20 heavy (non-hydrogen) atoms. The molecule has 0 aromatic heterocycles. The van der Waals surface area contributed by atoms with E-state index in [0.29, 0.717) is 11.7 Å². The standard InChI is InChI=1S/C17H18O2P/c1-12-9-10-16(14(3)13(12)2)17(18)20(19)11-15-7-5-4-6-8-15/h4-10H,11H2,1-3H3. The van der Waals surface area contributed by atoms with Gasteiger partial charge >= 0.3 is 0 Å². The second-order valence-corrected chi connectivity index (χ2v) is 6.49. The lowest BCUT2D eigenvalue weighted by atomic mass is 10.00. The Morgan fingerprint density at radius 3 is 2.25 bits per heavy atom. The van der Waals surface area contributed by atoms with Gasteiger partial charge in [-0.25, -0.2) is 0 Å². The monoisotopic (exact) mass is 285 g/mol. The average molecular weight is 285 g/mol. The molecule has 0 fully saturated rings. The molecule has 2 aromatic rings. The van der Waals surface area contributed by atoms with E-state index in [4.69, 9.17) is 0 Å². The number of hydrogen-bond donors (Lipinski definition) is 0. The van der Waals surface area contributed by atoms with E-state index in [1.54, 1.807) is 6.07 Å². The molecular formula is C17H18O2P. The normalized spacial score (nSPS) is 11.2. The summed E-state index contributed by atoms with van der Waals surface area (Å²) < 4.78 is 12.3. The summed E-state index contributed by atoms with van der Waals surface area (Å²) in [7, 11) is -1.92. The van der Waals surface area contributed by atoms with Crippen LogP contribution in [0.1, 0.15) is 32.6 Å². The number of carbonyl (C=O) groups excluding carboxylic acids is 1. The van der Waals surface area contributed by atoms with Crippen molar-refractivity contribution in [3.05, 3.63) is 70.3 Å². The third-order valence-electron chi connectivity index (χ3n) is 3.68. The molecule has 0 aliphatic heterocycles. The highest BCUT2D eigenvalue weighted by molar-refractivity contribution is 7.63. The molecule has 0 spiro atoms. The van der Waals surface area contributed by atoms with Crippen LogP contribution >= 0.6 is 7.80 Å². The largest absolute Gasteiger partial charge is 0.281 e. The zero-order valence-corrected chi connectivity index (χ0v) is 12.9. The van der Waals surface area contributed by atoms with Crippen molar-refractivity contribution in [2.75, 3.05) is 0 Å². The van der Waals surface area contributed by atoms with Crippen molar-refractivity contribution in [3.63, 3.8) is 0 Å². The fourth-order valence-corrected chi connectivity index (χ4v) is 3.34. The van der Waals surface area contributed by atoms with Gasteiger partial charge < -0.3 is 0 Å². The Bertz CT molecular complexity index is 660. The minimum Gasteiger partial charge on any atom is -0.281 e. The van der Waals surface area contributed by atoms with Crippen molar-refractivity contribution in [3.8, 4) is 0 Å². The molecule has 0 saturated heterocycles. The highest BCUT2D eigenvalue weighted by Gasteiger charge is 2.18. The van der Waals surface area contributed by atoms with Crippen molar-refractivity contribution in [1.82, 2.24) is 0 Å². The Balaban J connectivity index is 2.24. The predicted molar refractivity (Wildman–Crippen MR) is 82.7 cm³/mol. The molecule has 0 saturated carbocycles. The van der Waals surface area contributed by atoms with Crippen molar-refractivity contribution in [2.24, 2.45) is 0 Å². The summed E-state index contributed by atoms with van der Waals surface area (Å²) in [5, 5.41) is 0. The van der Waals surface area contributed by atoms with Crippen molar-refractivity contribution < 1.29 is 9.36 Å². The molecule has 0 heterocycles. The Morgan fingerprint density at radius 1 is 0.950 bits per heavy atom. The Kier molecular flexibility index (Phi) is 4.46. The van der Waals surface area contributed by atoms with Crippen molar-refractivity contribution >= 4 is 13.3 Å². The molecule has 2 rings (SSSR count). The summed E-state index contributed by atoms with van der Waals surface area (Å²) in [5.41, 5.74) is 4.46. The van der Waals surface area contributed by atoms with Crippen LogP contribution in [0, 0.1) is 20.8 Å². The van der Waals surface area contributed by atoms with E-state index < -0.39 is 7.80 Å². The first kappa shape index (κ1) is 14.6. The molecule has 1 unspecified atom stereocenters. The lowest BCUT2D eigenvalue weighted by Gasteiger charge is -2.10. The van der Waals surface area contributed by atoms with E-state index in [2.05, 4.69) is 0 Å². The maximum Gasteiger partial charge on any atom is 0.242 e. The molecule has 3 heteroatoms. The first-order chi connectivity index (χ1) is 9.50. The summed E-state index contributed by atoms with van der Waals surface area (Å²) in [6.45, 7) is 5.92. The minimum absolute atomic E-state index is 0.246. The summed E-state index contributed by atoms with van der Waals surface area (Å²) in [6.07, 6.45) is 0.307. The molecule has 0 aliphatic carbocycles. The lowest BCUT2D eigenvalue weighted by molar-refractivity contribution is 0.107. The molecule has 1 radical (unpaired) electrons. The molecule has 1 atom stereocenters. The molecular weight excluding hydrogens is 267 g/mol. The van der Waals surface area contributed by atoms with E-state index in [1.807, 2.05) is 57.2 Å². The van der Waals surface area contributed by atoms with Crippen LogP contribution in [0.15, 0.2) is 42.5 Å². The van der Waals surface area contributed by atoms with Gasteiger partial charge in [-0.3, -0.25) is 9.36 Å². The van der Waals surface area contributed by atoms with Crippen LogP contribution in [-0.4, -0.2) is 5.52 Å². The first-order valence-corrected chi connectivity index (χ1v) is 8.05. The third kappa shape index (κ3) is 3.02. The summed E-state index contributed by atoms with van der Waals surface area (Å²) in [4.78, 5) is 12.3. The van der Waals surface area contributed by atoms with Gasteiger partial charge in [0.2, 0.25) is 5.52 Å². The maximum atomic E-state index is 12.3. The lowest BCUT2D eigenvalue weighted by Crippen LogP contribution is -2.01. The van der Waals surface area contributed by atoms with Gasteiger partial charge in [-0.1, -0.05) is 42.5 Å². The molecule has 0 amide bonds. The van der Waals surface area contributed by atoms with Crippen LogP contribution in [0.4, 0.5) is 0 Å². The Labute approximate surface area is 120 Å². The van der Waals surface area contributed by atoms with E-state index in [0.717, 1.165) is 22.3 Å². The van der Waals surface area contributed by atoms with Crippen LogP contribution in [-0.2, 0) is 10.7 Å². The highest BCUT2D eigenvalue weighted by atomic mass is 31.1. The van der Waals surface area contributed by atoms with Gasteiger partial charge in [0.25, 0.3) is 0 Å². The molecule has 103 valence electrons. The SMILES string of the molecule is Cc1ccc(C(=O)[P](=O)Cc2ccccc2)c(C)c1C. The Morgan fingerprint density at radius 2 is 1.60 bits per heavy atom. The van der Waals surface area contributed by atoms with Crippen LogP contribution in [0.5, 0.6) is 0 Å². The first-order valence-electron chi connectivity index (χ1n) is 6.60. The Hall–Kier alpha value is -1.79. The van der Waals surface area contributed by atoms with Crippen LogP contribution in [0.25, 0.3) is 0 Å². The fraction of sp³-hybridized carbons (Fsp3) is 0.235. The predicted octanol–water partition coefficient (Wildman–Crippen LogP) is 4.78. The second-order valence-electron chi connectivity index (χ2n) is 5.01. The summed E-state index contributed by atoms with van der Waals surface area (Å²) in [5.74, 6) is 0. The summed E-state index contributed by atoms with van der Waals surface area (Å²) >= 11 is 0. The maximum absolute atomic E-state index is 12.3. The van der Waals surface area contributed by atoms with Crippen molar-refractivity contribution in [2.45, 2.75) is 26.9 Å². The number of rotatable bonds is 4. The molecule has 0 bridgehead atoms. The molecule has 2 nitrogen and oxygen atoms in total. The number of aryl methyl sites for hydroxylation is 1. The zero-order valence-electron chi connectivity index (χ0n) is 12.0. The number of carbonyl (C=O) groups is 1. The van der Waals surface area contributed by atoms with E-state index in [-0.39, 0.29) is 5.52 Å². The van der Waals surface area contributed by atoms with Gasteiger partial charge in [0, 0.05) is 5.56 Å². The number of benzene rings is 2. The van der Waals surface area contributed by atoms with Gasteiger partial charge in [0.15, 0.2) is 7.80 Å². The highest BCUT2D eigenvalue weighted by Crippen LogP contribution is 2.33. The van der Waals surface area contributed by atoms with Gasteiger partial charge in [0.1, 0.15) is 0 Å². The van der Waals surface area contributed by atoms with Crippen LogP contribution in [0.3, 0.4) is 0 Å². The zero-order chi connectivity index (χ0) is 14.7. The van der Waals surface area contributed by atoms with E-state index in [1.165, 1.54) is 0 Å². The topological polar surface area (TPSA) is 34.1 Å². The van der Waals surface area contributed by atoms with Gasteiger partial charge in [-0.05, 0) is 43.0 Å². The fourth-order valence-electron chi connectivity index (χ4n) is 2.14. The molecule has 0 N–H and O–H groups in total. The van der Waals surface area contributed by atoms with Gasteiger partial charge in [-0.2, -0.15) is 0 Å². The van der Waals surface area contributed by atoms with Crippen LogP contribution < -0.4 is 0 Å². The minimum atomic E-state index is -1.92. The summed E-state index contributed by atoms with van der Waals surface area (Å²) in [6, 6.07) is 13.2. The number of hydrogen-bond acceptors (Lipinski definition) is 2.